The minimum Gasteiger partial charge on any atom is -0.540 e. The maximum absolute atomic E-state index is 10.6. The first-order chi connectivity index (χ1) is 5.24. The van der Waals surface area contributed by atoms with Crippen LogP contribution in [0.3, 0.4) is 0 Å². The summed E-state index contributed by atoms with van der Waals surface area (Å²) >= 11 is 2.93. The fraction of sp³-hybridized carbons (Fsp3) is 0.250. The minimum atomic E-state index is -0.663. The second-order valence-electron chi connectivity index (χ2n) is 1.74. The Bertz CT molecular complexity index is 191. The van der Waals surface area contributed by atoms with Crippen LogP contribution in [0.15, 0.2) is 10.5 Å². The lowest BCUT2D eigenvalue weighted by atomic mass is 9.88. The van der Waals surface area contributed by atoms with Crippen molar-refractivity contribution in [2.75, 3.05) is 6.79 Å². The number of carbonyl (C=O) groups excluding carboxylic acids is 1. The highest BCUT2D eigenvalue weighted by Gasteiger charge is 2.25. The second kappa shape index (κ2) is 3.94. The van der Waals surface area contributed by atoms with Crippen molar-refractivity contribution >= 4 is 37.1 Å². The molecule has 0 saturated carbocycles. The predicted octanol–water partition coefficient (Wildman–Crippen LogP) is -0.0764. The molecule has 1 heterocycles. The Morgan fingerprint density at radius 1 is 1.73 bits per heavy atom. The molecule has 0 bridgehead atoms. The number of hydrogen-bond donors (Lipinski definition) is 0. The Kier molecular flexibility index (Phi) is 3.16. The van der Waals surface area contributed by atoms with E-state index in [0.29, 0.717) is 0 Å². The fourth-order valence-electron chi connectivity index (χ4n) is 0.487. The van der Waals surface area contributed by atoms with Gasteiger partial charge in [0.15, 0.2) is 0 Å². The molecule has 1 rings (SSSR count). The van der Waals surface area contributed by atoms with E-state index in [0.717, 1.165) is 0 Å². The lowest BCUT2D eigenvalue weighted by Crippen LogP contribution is -2.34. The van der Waals surface area contributed by atoms with Crippen LogP contribution in [0.5, 0.6) is 0 Å². The molecule has 7 heteroatoms. The summed E-state index contributed by atoms with van der Waals surface area (Å²) in [5.74, 6) is 0.753. The predicted molar refractivity (Wildman–Crippen MR) is 41.6 cm³/mol. The summed E-state index contributed by atoms with van der Waals surface area (Å²) in [6.07, 6.45) is 0. The quantitative estimate of drug-likeness (QED) is 0.479. The van der Waals surface area contributed by atoms with Gasteiger partial charge in [0.2, 0.25) is 0 Å². The summed E-state index contributed by atoms with van der Waals surface area (Å²) in [7, 11) is 4.14. The SMILES string of the molecule is [B]OC(=O)/C(Br)=C\B1OCO1. The highest BCUT2D eigenvalue weighted by molar-refractivity contribution is 9.12. The van der Waals surface area contributed by atoms with Crippen molar-refractivity contribution in [3.8, 4) is 0 Å². The molecule has 0 unspecified atom stereocenters. The van der Waals surface area contributed by atoms with Crippen molar-refractivity contribution in [3.63, 3.8) is 0 Å². The summed E-state index contributed by atoms with van der Waals surface area (Å²) in [6, 6.07) is 0. The monoisotopic (exact) mass is 216 g/mol. The normalized spacial score (nSPS) is 17.5. The smallest absolute Gasteiger partial charge is 0.490 e. The fourth-order valence-corrected chi connectivity index (χ4v) is 0.796. The summed E-state index contributed by atoms with van der Waals surface area (Å²) in [5, 5.41) is 0. The van der Waals surface area contributed by atoms with Gasteiger partial charge in [0.25, 0.3) is 0 Å². The first kappa shape index (κ1) is 8.83. The van der Waals surface area contributed by atoms with Gasteiger partial charge in [-0.1, -0.05) is 0 Å². The van der Waals surface area contributed by atoms with Crippen LogP contribution >= 0.6 is 15.9 Å². The van der Waals surface area contributed by atoms with Crippen LogP contribution in [0.1, 0.15) is 0 Å². The van der Waals surface area contributed by atoms with E-state index >= 15 is 0 Å². The van der Waals surface area contributed by atoms with Gasteiger partial charge in [-0.15, -0.1) is 0 Å². The van der Waals surface area contributed by atoms with Gasteiger partial charge >= 0.3 is 21.1 Å². The van der Waals surface area contributed by atoms with Crippen molar-refractivity contribution in [2.24, 2.45) is 0 Å². The number of hydrogen-bond acceptors (Lipinski definition) is 4. The molecule has 0 aliphatic carbocycles. The first-order valence-electron chi connectivity index (χ1n) is 2.75. The van der Waals surface area contributed by atoms with Crippen molar-refractivity contribution in [1.82, 2.24) is 0 Å². The third-order valence-electron chi connectivity index (χ3n) is 1.05. The highest BCUT2D eigenvalue weighted by Crippen LogP contribution is 2.12. The van der Waals surface area contributed by atoms with Gasteiger partial charge in [0.05, 0.1) is 4.48 Å². The van der Waals surface area contributed by atoms with E-state index in [4.69, 9.17) is 9.31 Å². The molecule has 1 aliphatic rings. The van der Waals surface area contributed by atoms with E-state index in [-0.39, 0.29) is 11.3 Å². The lowest BCUT2D eigenvalue weighted by molar-refractivity contribution is -0.128. The van der Waals surface area contributed by atoms with E-state index in [9.17, 15) is 4.79 Å². The maximum atomic E-state index is 10.6. The molecule has 2 radical (unpaired) electrons. The third-order valence-corrected chi connectivity index (χ3v) is 1.64. The zero-order valence-electron chi connectivity index (χ0n) is 5.45. The molecule has 11 heavy (non-hydrogen) atoms. The number of carbonyl (C=O) groups is 1. The zero-order valence-corrected chi connectivity index (χ0v) is 7.04. The molecule has 0 aromatic heterocycles. The summed E-state index contributed by atoms with van der Waals surface area (Å²) in [6.45, 7) is 0.249. The van der Waals surface area contributed by atoms with E-state index in [1.165, 1.54) is 5.98 Å². The van der Waals surface area contributed by atoms with Crippen LogP contribution in [0, 0.1) is 0 Å². The lowest BCUT2D eigenvalue weighted by Gasteiger charge is -2.20. The molecule has 0 spiro atoms. The van der Waals surface area contributed by atoms with Crippen LogP contribution in [-0.4, -0.2) is 27.9 Å². The molecular formula is C4H3B2BrO4. The van der Waals surface area contributed by atoms with Crippen LogP contribution in [-0.2, 0) is 18.8 Å². The molecule has 0 aromatic rings. The maximum Gasteiger partial charge on any atom is 0.490 e. The average molecular weight is 217 g/mol. The molecule has 0 N–H and O–H groups in total. The number of halogens is 1. The Morgan fingerprint density at radius 3 is 2.73 bits per heavy atom. The van der Waals surface area contributed by atoms with Crippen LogP contribution < -0.4 is 0 Å². The van der Waals surface area contributed by atoms with Crippen molar-refractivity contribution in [1.29, 1.82) is 0 Å². The van der Waals surface area contributed by atoms with Gasteiger partial charge in [-0.2, -0.15) is 0 Å². The first-order valence-corrected chi connectivity index (χ1v) is 3.55. The third kappa shape index (κ3) is 2.36. The van der Waals surface area contributed by atoms with Crippen LogP contribution in [0.4, 0.5) is 0 Å². The largest absolute Gasteiger partial charge is 0.540 e. The molecule has 0 aromatic carbocycles. The molecule has 1 fully saturated rings. The van der Waals surface area contributed by atoms with Gasteiger partial charge in [0, 0.05) is 0 Å². The van der Waals surface area contributed by atoms with Gasteiger partial charge < -0.3 is 14.0 Å². The minimum absolute atomic E-state index is 0.185. The van der Waals surface area contributed by atoms with Gasteiger partial charge in [-0.3, -0.25) is 0 Å². The van der Waals surface area contributed by atoms with Crippen LogP contribution in [0.2, 0.25) is 0 Å². The van der Waals surface area contributed by atoms with E-state index in [1.807, 2.05) is 0 Å². The second-order valence-corrected chi connectivity index (χ2v) is 2.59. The Balaban J connectivity index is 2.43. The summed E-state index contributed by atoms with van der Waals surface area (Å²) in [4.78, 5) is 10.6. The van der Waals surface area contributed by atoms with Crippen molar-refractivity contribution in [3.05, 3.63) is 10.5 Å². The van der Waals surface area contributed by atoms with Crippen molar-refractivity contribution in [2.45, 2.75) is 0 Å². The zero-order chi connectivity index (χ0) is 8.27. The molecule has 0 amide bonds. The summed E-state index contributed by atoms with van der Waals surface area (Å²) in [5.41, 5.74) is 0. The van der Waals surface area contributed by atoms with E-state index in [2.05, 4.69) is 28.6 Å². The molecule has 1 aliphatic heterocycles. The van der Waals surface area contributed by atoms with Gasteiger partial charge in [-0.25, -0.2) is 4.79 Å². The van der Waals surface area contributed by atoms with Crippen LogP contribution in [0.25, 0.3) is 0 Å². The molecule has 4 nitrogen and oxygen atoms in total. The van der Waals surface area contributed by atoms with E-state index in [1.54, 1.807) is 0 Å². The topological polar surface area (TPSA) is 44.8 Å². The van der Waals surface area contributed by atoms with Gasteiger partial charge in [-0.05, 0) is 21.9 Å². The molecule has 1 saturated heterocycles. The van der Waals surface area contributed by atoms with Crippen molar-refractivity contribution < 1.29 is 18.8 Å². The standard InChI is InChI=1S/C4H3B2BrO4/c5-11-4(8)3(7)1-6-9-2-10-6/h1H,2H2/b3-1+. The highest BCUT2D eigenvalue weighted by atomic mass is 79.9. The number of rotatable bonds is 2. The Hall–Kier alpha value is -0.260. The summed E-state index contributed by atoms with van der Waals surface area (Å²) < 4.78 is 13.7. The molecule has 56 valence electrons. The Morgan fingerprint density at radius 2 is 2.36 bits per heavy atom. The molecule has 0 atom stereocenters. The Labute approximate surface area is 73.6 Å². The van der Waals surface area contributed by atoms with Gasteiger partial charge in [0.1, 0.15) is 6.79 Å². The molecular weight excluding hydrogens is 214 g/mol. The van der Waals surface area contributed by atoms with E-state index < -0.39 is 13.1 Å². The average Bonchev–Trinajstić information content (AvgIpc) is 1.94.